The maximum Gasteiger partial charge on any atom is 0.271 e. The molecule has 0 aromatic heterocycles. The van der Waals surface area contributed by atoms with E-state index in [1.165, 1.54) is 6.21 Å². The molecule has 0 saturated carbocycles. The molecule has 0 radical (unpaired) electrons. The van der Waals surface area contributed by atoms with E-state index in [2.05, 4.69) is 10.5 Å². The van der Waals surface area contributed by atoms with Gasteiger partial charge in [-0.05, 0) is 31.2 Å². The largest absolute Gasteiger partial charge is 0.271 e. The summed E-state index contributed by atoms with van der Waals surface area (Å²) in [5, 5.41) is 4.24. The highest BCUT2D eigenvalue weighted by Gasteiger charge is 2.03. The zero-order chi connectivity index (χ0) is 11.1. The third-order valence-electron chi connectivity index (χ3n) is 1.61. The van der Waals surface area contributed by atoms with Crippen LogP contribution in [0.15, 0.2) is 41.5 Å². The maximum absolute atomic E-state index is 11.5. The molecule has 1 amide bonds. The third kappa shape index (κ3) is 3.95. The Kier molecular flexibility index (Phi) is 4.57. The summed E-state index contributed by atoms with van der Waals surface area (Å²) in [6.07, 6.45) is 5.04. The molecule has 0 aliphatic rings. The summed E-state index contributed by atoms with van der Waals surface area (Å²) in [6, 6.07) is 6.68. The molecular formula is C11H11ClN2O. The number of carbonyl (C=O) groups excluding carboxylic acids is 1. The summed E-state index contributed by atoms with van der Waals surface area (Å²) >= 11 is 5.74. The first-order chi connectivity index (χ1) is 7.24. The molecule has 1 N–H and O–H groups in total. The minimum absolute atomic E-state index is 0.279. The van der Waals surface area contributed by atoms with Crippen LogP contribution in [0.25, 0.3) is 0 Å². The number of nitrogens with zero attached hydrogens (tertiary/aromatic N) is 1. The molecule has 78 valence electrons. The number of nitrogens with one attached hydrogen (secondary N) is 1. The number of amides is 1. The molecule has 0 fully saturated rings. The average molecular weight is 223 g/mol. The van der Waals surface area contributed by atoms with E-state index in [0.29, 0.717) is 10.6 Å². The monoisotopic (exact) mass is 222 g/mol. The van der Waals surface area contributed by atoms with Crippen LogP contribution in [0.4, 0.5) is 0 Å². The van der Waals surface area contributed by atoms with Crippen molar-refractivity contribution in [3.05, 3.63) is 47.0 Å². The first-order valence-electron chi connectivity index (χ1n) is 4.44. The standard InChI is InChI=1S/C11H11ClN2O/c1-2-3-7-13-14-11(15)9-5-4-6-10(12)8-9/h2-8H,1H3,(H,14,15)/b3-2+,13-7+. The Balaban J connectivity index is 2.61. The molecule has 15 heavy (non-hydrogen) atoms. The summed E-state index contributed by atoms with van der Waals surface area (Å²) in [5.74, 6) is -0.279. The van der Waals surface area contributed by atoms with Crippen molar-refractivity contribution >= 4 is 23.7 Å². The lowest BCUT2D eigenvalue weighted by Gasteiger charge is -1.98. The summed E-state index contributed by atoms with van der Waals surface area (Å²) in [6.45, 7) is 1.87. The second-order valence-electron chi connectivity index (χ2n) is 2.76. The Labute approximate surface area is 93.4 Å². The normalized spacial score (nSPS) is 11.1. The van der Waals surface area contributed by atoms with Gasteiger partial charge in [0.15, 0.2) is 0 Å². The number of hydrogen-bond acceptors (Lipinski definition) is 2. The van der Waals surface area contributed by atoms with Crippen molar-refractivity contribution in [1.82, 2.24) is 5.43 Å². The van der Waals surface area contributed by atoms with E-state index >= 15 is 0 Å². The molecule has 0 aliphatic heterocycles. The fourth-order valence-electron chi connectivity index (χ4n) is 0.919. The lowest BCUT2D eigenvalue weighted by Crippen LogP contribution is -2.17. The molecule has 1 rings (SSSR count). The van der Waals surface area contributed by atoms with Crippen LogP contribution in [-0.4, -0.2) is 12.1 Å². The van der Waals surface area contributed by atoms with Crippen molar-refractivity contribution in [2.45, 2.75) is 6.92 Å². The van der Waals surface area contributed by atoms with Crippen molar-refractivity contribution in [3.8, 4) is 0 Å². The number of halogens is 1. The predicted molar refractivity (Wildman–Crippen MR) is 62.2 cm³/mol. The van der Waals surface area contributed by atoms with Gasteiger partial charge in [0.1, 0.15) is 0 Å². The van der Waals surface area contributed by atoms with E-state index in [0.717, 1.165) is 0 Å². The second kappa shape index (κ2) is 5.98. The molecule has 3 nitrogen and oxygen atoms in total. The molecule has 0 aliphatic carbocycles. The molecule has 0 bridgehead atoms. The first-order valence-corrected chi connectivity index (χ1v) is 4.82. The third-order valence-corrected chi connectivity index (χ3v) is 1.84. The van der Waals surface area contributed by atoms with Crippen molar-refractivity contribution in [1.29, 1.82) is 0 Å². The van der Waals surface area contributed by atoms with Crippen molar-refractivity contribution < 1.29 is 4.79 Å². The number of hydrazone groups is 1. The van der Waals surface area contributed by atoms with Crippen molar-refractivity contribution in [3.63, 3.8) is 0 Å². The Bertz CT molecular complexity index is 399. The van der Waals surface area contributed by atoms with Gasteiger partial charge in [-0.1, -0.05) is 23.7 Å². The van der Waals surface area contributed by atoms with Gasteiger partial charge in [0, 0.05) is 16.8 Å². The van der Waals surface area contributed by atoms with Gasteiger partial charge in [-0.15, -0.1) is 0 Å². The molecule has 0 heterocycles. The molecule has 0 unspecified atom stereocenters. The molecule has 0 spiro atoms. The van der Waals surface area contributed by atoms with Crippen LogP contribution in [0.5, 0.6) is 0 Å². The smallest absolute Gasteiger partial charge is 0.267 e. The van der Waals surface area contributed by atoms with Crippen molar-refractivity contribution in [2.75, 3.05) is 0 Å². The van der Waals surface area contributed by atoms with E-state index in [1.54, 1.807) is 30.3 Å². The van der Waals surface area contributed by atoms with E-state index in [1.807, 2.05) is 13.0 Å². The Morgan fingerprint density at radius 1 is 1.53 bits per heavy atom. The minimum atomic E-state index is -0.279. The molecule has 0 saturated heterocycles. The number of hydrogen-bond donors (Lipinski definition) is 1. The fraction of sp³-hybridized carbons (Fsp3) is 0.0909. The quantitative estimate of drug-likeness (QED) is 0.620. The number of carbonyl (C=O) groups is 1. The van der Waals surface area contributed by atoms with Gasteiger partial charge < -0.3 is 0 Å². The Morgan fingerprint density at radius 3 is 3.00 bits per heavy atom. The number of benzene rings is 1. The maximum atomic E-state index is 11.5. The molecule has 4 heteroatoms. The minimum Gasteiger partial charge on any atom is -0.267 e. The van der Waals surface area contributed by atoms with E-state index in [-0.39, 0.29) is 5.91 Å². The topological polar surface area (TPSA) is 41.5 Å². The van der Waals surface area contributed by atoms with Crippen molar-refractivity contribution in [2.24, 2.45) is 5.10 Å². The van der Waals surface area contributed by atoms with Gasteiger partial charge in [0.25, 0.3) is 5.91 Å². The molecule has 1 aromatic rings. The van der Waals surface area contributed by atoms with Gasteiger partial charge in [-0.3, -0.25) is 4.79 Å². The van der Waals surface area contributed by atoms with E-state index < -0.39 is 0 Å². The average Bonchev–Trinajstić information content (AvgIpc) is 2.24. The lowest BCUT2D eigenvalue weighted by molar-refractivity contribution is 0.0955. The van der Waals surface area contributed by atoms with Crippen LogP contribution in [0, 0.1) is 0 Å². The van der Waals surface area contributed by atoms with Crippen LogP contribution in [0.2, 0.25) is 5.02 Å². The predicted octanol–water partition coefficient (Wildman–Crippen LogP) is 2.63. The van der Waals surface area contributed by atoms with E-state index in [4.69, 9.17) is 11.6 Å². The molecular weight excluding hydrogens is 212 g/mol. The van der Waals surface area contributed by atoms with Gasteiger partial charge in [0.2, 0.25) is 0 Å². The van der Waals surface area contributed by atoms with Gasteiger partial charge in [-0.2, -0.15) is 5.10 Å². The van der Waals surface area contributed by atoms with E-state index in [9.17, 15) is 4.79 Å². The molecule has 0 atom stereocenters. The first kappa shape index (κ1) is 11.5. The summed E-state index contributed by atoms with van der Waals surface area (Å²) < 4.78 is 0. The Hall–Kier alpha value is -1.61. The van der Waals surface area contributed by atoms with Crippen LogP contribution in [0.1, 0.15) is 17.3 Å². The highest BCUT2D eigenvalue weighted by Crippen LogP contribution is 2.10. The summed E-state index contributed by atoms with van der Waals surface area (Å²) in [7, 11) is 0. The lowest BCUT2D eigenvalue weighted by atomic mass is 10.2. The zero-order valence-corrected chi connectivity index (χ0v) is 9.03. The Morgan fingerprint density at radius 2 is 2.33 bits per heavy atom. The highest BCUT2D eigenvalue weighted by molar-refractivity contribution is 6.30. The molecule has 1 aromatic carbocycles. The van der Waals surface area contributed by atoms with Crippen LogP contribution in [-0.2, 0) is 0 Å². The number of rotatable bonds is 3. The van der Waals surface area contributed by atoms with Crippen LogP contribution < -0.4 is 5.43 Å². The van der Waals surface area contributed by atoms with Gasteiger partial charge >= 0.3 is 0 Å². The number of allylic oxidation sites excluding steroid dienone is 2. The second-order valence-corrected chi connectivity index (χ2v) is 3.19. The fourth-order valence-corrected chi connectivity index (χ4v) is 1.11. The van der Waals surface area contributed by atoms with Crippen LogP contribution in [0.3, 0.4) is 0 Å². The van der Waals surface area contributed by atoms with Crippen LogP contribution >= 0.6 is 11.6 Å². The van der Waals surface area contributed by atoms with Gasteiger partial charge in [-0.25, -0.2) is 5.43 Å². The SMILES string of the molecule is C/C=C/C=N/NC(=O)c1cccc(Cl)c1. The van der Waals surface area contributed by atoms with Gasteiger partial charge in [0.05, 0.1) is 0 Å². The highest BCUT2D eigenvalue weighted by atomic mass is 35.5. The summed E-state index contributed by atoms with van der Waals surface area (Å²) in [4.78, 5) is 11.5. The summed E-state index contributed by atoms with van der Waals surface area (Å²) in [5.41, 5.74) is 2.87. The zero-order valence-electron chi connectivity index (χ0n) is 8.27.